The molecule has 0 radical (unpaired) electrons. The van der Waals surface area contributed by atoms with Gasteiger partial charge in [-0.15, -0.1) is 11.8 Å². The average Bonchev–Trinajstić information content (AvgIpc) is 2.80. The number of hydrogen-bond donors (Lipinski definition) is 1. The molecule has 0 fully saturated rings. The van der Waals surface area contributed by atoms with Gasteiger partial charge in [-0.3, -0.25) is 0 Å². The second-order valence-corrected chi connectivity index (χ2v) is 6.64. The van der Waals surface area contributed by atoms with E-state index in [9.17, 15) is 0 Å². The molecule has 0 aromatic heterocycles. The number of benzene rings is 2. The third-order valence-electron chi connectivity index (χ3n) is 3.98. The number of rotatable bonds is 4. The molecule has 0 saturated carbocycles. The zero-order valence-electron chi connectivity index (χ0n) is 12.1. The van der Waals surface area contributed by atoms with Crippen LogP contribution < -0.4 is 5.32 Å². The van der Waals surface area contributed by atoms with Crippen molar-refractivity contribution in [2.24, 2.45) is 0 Å². The van der Waals surface area contributed by atoms with Crippen molar-refractivity contribution in [2.75, 3.05) is 6.54 Å². The Morgan fingerprint density at radius 1 is 1.10 bits per heavy atom. The van der Waals surface area contributed by atoms with Crippen LogP contribution in [0.25, 0.3) is 0 Å². The molecule has 1 nitrogen and oxygen atoms in total. The van der Waals surface area contributed by atoms with Gasteiger partial charge in [0.05, 0.1) is 0 Å². The zero-order chi connectivity index (χ0) is 13.9. The lowest BCUT2D eigenvalue weighted by molar-refractivity contribution is 0.560. The molecule has 2 aromatic rings. The van der Waals surface area contributed by atoms with Gasteiger partial charge in [0.1, 0.15) is 0 Å². The summed E-state index contributed by atoms with van der Waals surface area (Å²) in [6, 6.07) is 18.0. The zero-order valence-corrected chi connectivity index (χ0v) is 12.9. The van der Waals surface area contributed by atoms with Gasteiger partial charge >= 0.3 is 0 Å². The Bertz CT molecular complexity index is 593. The Morgan fingerprint density at radius 2 is 1.85 bits per heavy atom. The van der Waals surface area contributed by atoms with Crippen LogP contribution in [0.3, 0.4) is 0 Å². The van der Waals surface area contributed by atoms with E-state index in [-0.39, 0.29) is 0 Å². The van der Waals surface area contributed by atoms with Gasteiger partial charge in [0, 0.05) is 16.2 Å². The fraction of sp³-hybridized carbons (Fsp3) is 0.333. The molecule has 3 rings (SSSR count). The summed E-state index contributed by atoms with van der Waals surface area (Å²) in [5.41, 5.74) is 4.37. The van der Waals surface area contributed by atoms with Crippen molar-refractivity contribution in [1.82, 2.24) is 5.32 Å². The molecule has 0 heterocycles. The Kier molecular flexibility index (Phi) is 4.13. The first-order valence-electron chi connectivity index (χ1n) is 7.33. The lowest BCUT2D eigenvalue weighted by Crippen LogP contribution is -2.26. The van der Waals surface area contributed by atoms with Crippen LogP contribution in [0.4, 0.5) is 0 Å². The third kappa shape index (κ3) is 2.63. The molecule has 0 spiro atoms. The lowest BCUT2D eigenvalue weighted by atomic mass is 10.1. The molecule has 1 N–H and O–H groups in total. The molecular formula is C18H21NS. The predicted molar refractivity (Wildman–Crippen MR) is 87.4 cm³/mol. The van der Waals surface area contributed by atoms with Crippen molar-refractivity contribution in [3.05, 3.63) is 65.2 Å². The molecule has 2 heteroatoms. The van der Waals surface area contributed by atoms with Crippen molar-refractivity contribution in [1.29, 1.82) is 0 Å². The average molecular weight is 283 g/mol. The molecule has 2 aromatic carbocycles. The van der Waals surface area contributed by atoms with E-state index in [1.165, 1.54) is 21.6 Å². The Balaban J connectivity index is 1.85. The second kappa shape index (κ2) is 6.02. The summed E-state index contributed by atoms with van der Waals surface area (Å²) in [5.74, 6) is 0. The van der Waals surface area contributed by atoms with E-state index in [2.05, 4.69) is 67.7 Å². The summed E-state index contributed by atoms with van der Waals surface area (Å²) in [6.07, 6.45) is 1.16. The largest absolute Gasteiger partial charge is 0.309 e. The predicted octanol–water partition coefficient (Wildman–Crippen LogP) is 4.36. The van der Waals surface area contributed by atoms with E-state index >= 15 is 0 Å². The Hall–Kier alpha value is -1.25. The molecule has 2 unspecified atom stereocenters. The minimum atomic E-state index is 0.473. The van der Waals surface area contributed by atoms with Crippen molar-refractivity contribution >= 4 is 11.8 Å². The molecule has 0 aliphatic heterocycles. The summed E-state index contributed by atoms with van der Waals surface area (Å²) in [4.78, 5) is 1.41. The summed E-state index contributed by atoms with van der Waals surface area (Å²) >= 11 is 2.02. The maximum atomic E-state index is 3.67. The van der Waals surface area contributed by atoms with Gasteiger partial charge in [-0.2, -0.15) is 0 Å². The molecule has 0 amide bonds. The van der Waals surface area contributed by atoms with Gasteiger partial charge in [-0.1, -0.05) is 49.4 Å². The van der Waals surface area contributed by atoms with Crippen molar-refractivity contribution in [2.45, 2.75) is 36.5 Å². The Morgan fingerprint density at radius 3 is 2.65 bits per heavy atom. The minimum Gasteiger partial charge on any atom is -0.309 e. The monoisotopic (exact) mass is 283 g/mol. The topological polar surface area (TPSA) is 12.0 Å². The highest BCUT2D eigenvalue weighted by Gasteiger charge is 2.32. The maximum Gasteiger partial charge on any atom is 0.0450 e. The molecule has 0 bridgehead atoms. The number of hydrogen-bond acceptors (Lipinski definition) is 2. The quantitative estimate of drug-likeness (QED) is 0.894. The van der Waals surface area contributed by atoms with E-state index in [1.54, 1.807) is 0 Å². The van der Waals surface area contributed by atoms with Crippen molar-refractivity contribution in [3.8, 4) is 0 Å². The highest BCUT2D eigenvalue weighted by Crippen LogP contribution is 2.42. The first-order valence-corrected chi connectivity index (χ1v) is 8.21. The fourth-order valence-electron chi connectivity index (χ4n) is 2.98. The highest BCUT2D eigenvalue weighted by atomic mass is 32.2. The van der Waals surface area contributed by atoms with E-state index < -0.39 is 0 Å². The van der Waals surface area contributed by atoms with E-state index in [0.29, 0.717) is 11.3 Å². The molecule has 1 aliphatic carbocycles. The number of thioether (sulfide) groups is 1. The smallest absolute Gasteiger partial charge is 0.0450 e. The number of nitrogens with one attached hydrogen (secondary N) is 1. The standard InChI is InChI=1S/C18H21NS/c1-3-19-18-15-10-6-5-9-14(15)12-17(18)20-16-11-7-4-8-13(16)2/h4-11,17-19H,3,12H2,1-2H3. The molecular weight excluding hydrogens is 262 g/mol. The van der Waals surface area contributed by atoms with Crippen LogP contribution in [-0.2, 0) is 6.42 Å². The summed E-state index contributed by atoms with van der Waals surface area (Å²) in [6.45, 7) is 5.41. The third-order valence-corrected chi connectivity index (χ3v) is 5.43. The van der Waals surface area contributed by atoms with Crippen molar-refractivity contribution < 1.29 is 0 Å². The van der Waals surface area contributed by atoms with Crippen LogP contribution >= 0.6 is 11.8 Å². The summed E-state index contributed by atoms with van der Waals surface area (Å²) < 4.78 is 0. The summed E-state index contributed by atoms with van der Waals surface area (Å²) in [5, 5.41) is 4.26. The highest BCUT2D eigenvalue weighted by molar-refractivity contribution is 8.00. The van der Waals surface area contributed by atoms with Gasteiger partial charge in [0.2, 0.25) is 0 Å². The maximum absolute atomic E-state index is 3.67. The van der Waals surface area contributed by atoms with Crippen LogP contribution in [0.15, 0.2) is 53.4 Å². The second-order valence-electron chi connectivity index (χ2n) is 5.36. The number of fused-ring (bicyclic) bond motifs is 1. The van der Waals surface area contributed by atoms with Crippen LogP contribution in [0.5, 0.6) is 0 Å². The van der Waals surface area contributed by atoms with Crippen LogP contribution in [0.1, 0.15) is 29.7 Å². The van der Waals surface area contributed by atoms with Crippen LogP contribution in [-0.4, -0.2) is 11.8 Å². The minimum absolute atomic E-state index is 0.473. The van der Waals surface area contributed by atoms with E-state index in [1.807, 2.05) is 11.8 Å². The molecule has 1 aliphatic rings. The normalized spacial score (nSPS) is 20.9. The lowest BCUT2D eigenvalue weighted by Gasteiger charge is -2.21. The SMILES string of the molecule is CCNC1c2ccccc2CC1Sc1ccccc1C. The summed E-state index contributed by atoms with van der Waals surface area (Å²) in [7, 11) is 0. The van der Waals surface area contributed by atoms with Gasteiger partial charge in [-0.05, 0) is 42.6 Å². The van der Waals surface area contributed by atoms with E-state index in [4.69, 9.17) is 0 Å². The van der Waals surface area contributed by atoms with Crippen molar-refractivity contribution in [3.63, 3.8) is 0 Å². The van der Waals surface area contributed by atoms with Crippen LogP contribution in [0, 0.1) is 6.92 Å². The van der Waals surface area contributed by atoms with Gasteiger partial charge in [0.15, 0.2) is 0 Å². The van der Waals surface area contributed by atoms with Gasteiger partial charge in [-0.25, -0.2) is 0 Å². The molecule has 20 heavy (non-hydrogen) atoms. The molecule has 2 atom stereocenters. The first-order chi connectivity index (χ1) is 9.79. The number of aryl methyl sites for hydroxylation is 1. The first kappa shape index (κ1) is 13.7. The Labute approximate surface area is 125 Å². The fourth-order valence-corrected chi connectivity index (χ4v) is 4.36. The van der Waals surface area contributed by atoms with Gasteiger partial charge in [0.25, 0.3) is 0 Å². The van der Waals surface area contributed by atoms with Gasteiger partial charge < -0.3 is 5.32 Å². The van der Waals surface area contributed by atoms with Crippen LogP contribution in [0.2, 0.25) is 0 Å². The molecule has 104 valence electrons. The van der Waals surface area contributed by atoms with E-state index in [0.717, 1.165) is 13.0 Å². The molecule has 0 saturated heterocycles.